The molecular formula is C11H17N3O. The van der Waals surface area contributed by atoms with E-state index in [1.54, 1.807) is 6.20 Å². The molecule has 4 heteroatoms. The van der Waals surface area contributed by atoms with Crippen molar-refractivity contribution in [2.45, 2.75) is 32.7 Å². The number of carbonyl (C=O) groups is 1. The summed E-state index contributed by atoms with van der Waals surface area (Å²) in [5.74, 6) is 0.278. The van der Waals surface area contributed by atoms with Crippen LogP contribution in [0.15, 0.2) is 12.4 Å². The van der Waals surface area contributed by atoms with Crippen molar-refractivity contribution >= 4 is 5.78 Å². The van der Waals surface area contributed by atoms with Gasteiger partial charge >= 0.3 is 0 Å². The lowest BCUT2D eigenvalue weighted by Gasteiger charge is -2.09. The van der Waals surface area contributed by atoms with E-state index in [-0.39, 0.29) is 11.2 Å². The fraction of sp³-hybridized carbons (Fsp3) is 0.636. The Morgan fingerprint density at radius 2 is 2.40 bits per heavy atom. The monoisotopic (exact) mass is 207 g/mol. The van der Waals surface area contributed by atoms with E-state index in [0.717, 1.165) is 24.9 Å². The first kappa shape index (κ1) is 10.4. The molecule has 0 aliphatic heterocycles. The van der Waals surface area contributed by atoms with E-state index in [9.17, 15) is 4.79 Å². The van der Waals surface area contributed by atoms with Crippen LogP contribution in [0.25, 0.3) is 0 Å². The van der Waals surface area contributed by atoms with Crippen molar-refractivity contribution in [1.82, 2.24) is 9.78 Å². The SMILES string of the molecule is CCn1cc(CC(=O)C2(CN)CC2)cn1. The predicted octanol–water partition coefficient (Wildman–Crippen LogP) is 0.753. The number of Topliss-reactive ketones (excluding diaryl/α,β-unsaturated/α-hetero) is 1. The highest BCUT2D eigenvalue weighted by Gasteiger charge is 2.47. The van der Waals surface area contributed by atoms with Crippen molar-refractivity contribution < 1.29 is 4.79 Å². The quantitative estimate of drug-likeness (QED) is 0.775. The predicted molar refractivity (Wildman–Crippen MR) is 57.3 cm³/mol. The summed E-state index contributed by atoms with van der Waals surface area (Å²) in [4.78, 5) is 11.9. The van der Waals surface area contributed by atoms with Crippen molar-refractivity contribution in [2.75, 3.05) is 6.54 Å². The van der Waals surface area contributed by atoms with Crippen LogP contribution in [0.3, 0.4) is 0 Å². The number of hydrogen-bond donors (Lipinski definition) is 1. The summed E-state index contributed by atoms with van der Waals surface area (Å²) < 4.78 is 1.84. The molecule has 4 nitrogen and oxygen atoms in total. The third kappa shape index (κ3) is 1.95. The number of ketones is 1. The Labute approximate surface area is 89.5 Å². The molecule has 2 N–H and O–H groups in total. The molecule has 1 saturated carbocycles. The Bertz CT molecular complexity index is 366. The lowest BCUT2D eigenvalue weighted by atomic mass is 9.96. The first-order valence-corrected chi connectivity index (χ1v) is 5.45. The number of nitrogens with two attached hydrogens (primary N) is 1. The molecule has 1 heterocycles. The maximum absolute atomic E-state index is 11.9. The molecule has 1 fully saturated rings. The van der Waals surface area contributed by atoms with E-state index in [2.05, 4.69) is 5.10 Å². The summed E-state index contributed by atoms with van der Waals surface area (Å²) in [7, 11) is 0. The summed E-state index contributed by atoms with van der Waals surface area (Å²) in [6.45, 7) is 3.37. The molecule has 0 aromatic carbocycles. The Kier molecular flexibility index (Phi) is 2.61. The Morgan fingerprint density at radius 3 is 2.87 bits per heavy atom. The van der Waals surface area contributed by atoms with Crippen LogP contribution in [0.2, 0.25) is 0 Å². The number of aryl methyl sites for hydroxylation is 1. The number of rotatable bonds is 5. The smallest absolute Gasteiger partial charge is 0.144 e. The molecule has 0 amide bonds. The van der Waals surface area contributed by atoms with Gasteiger partial charge in [-0.3, -0.25) is 9.48 Å². The lowest BCUT2D eigenvalue weighted by molar-refractivity contribution is -0.123. The second kappa shape index (κ2) is 3.77. The van der Waals surface area contributed by atoms with Crippen molar-refractivity contribution in [3.8, 4) is 0 Å². The minimum atomic E-state index is -0.186. The molecule has 2 rings (SSSR count). The zero-order valence-electron chi connectivity index (χ0n) is 9.07. The van der Waals surface area contributed by atoms with Gasteiger partial charge in [-0.1, -0.05) is 0 Å². The highest BCUT2D eigenvalue weighted by atomic mass is 16.1. The van der Waals surface area contributed by atoms with E-state index in [1.807, 2.05) is 17.8 Å². The molecule has 1 aliphatic carbocycles. The molecule has 0 atom stereocenters. The number of carbonyl (C=O) groups excluding carboxylic acids is 1. The molecule has 82 valence electrons. The Hall–Kier alpha value is -1.16. The van der Waals surface area contributed by atoms with E-state index in [4.69, 9.17) is 5.73 Å². The average molecular weight is 207 g/mol. The van der Waals surface area contributed by atoms with Crippen LogP contribution in [-0.2, 0) is 17.8 Å². The number of nitrogens with zero attached hydrogens (tertiary/aromatic N) is 2. The van der Waals surface area contributed by atoms with Crippen LogP contribution < -0.4 is 5.73 Å². The molecule has 0 radical (unpaired) electrons. The molecular weight excluding hydrogens is 190 g/mol. The molecule has 1 aromatic rings. The third-order valence-electron chi connectivity index (χ3n) is 3.21. The van der Waals surface area contributed by atoms with E-state index in [1.165, 1.54) is 0 Å². The van der Waals surface area contributed by atoms with Gasteiger partial charge in [0.15, 0.2) is 0 Å². The number of hydrogen-bond acceptors (Lipinski definition) is 3. The van der Waals surface area contributed by atoms with Gasteiger partial charge < -0.3 is 5.73 Å². The van der Waals surface area contributed by atoms with E-state index < -0.39 is 0 Å². The zero-order valence-corrected chi connectivity index (χ0v) is 9.07. The first-order chi connectivity index (χ1) is 7.20. The van der Waals surface area contributed by atoms with Crippen molar-refractivity contribution in [3.05, 3.63) is 18.0 Å². The summed E-state index contributed by atoms with van der Waals surface area (Å²) in [5, 5.41) is 4.15. The van der Waals surface area contributed by atoms with E-state index >= 15 is 0 Å². The summed E-state index contributed by atoms with van der Waals surface area (Å²) in [5.41, 5.74) is 6.43. The summed E-state index contributed by atoms with van der Waals surface area (Å²) in [6.07, 6.45) is 6.12. The van der Waals surface area contributed by atoms with Gasteiger partial charge in [-0.15, -0.1) is 0 Å². The molecule has 0 unspecified atom stereocenters. The van der Waals surface area contributed by atoms with Crippen LogP contribution in [0.4, 0.5) is 0 Å². The molecule has 0 bridgehead atoms. The van der Waals surface area contributed by atoms with E-state index in [0.29, 0.717) is 13.0 Å². The number of aromatic nitrogens is 2. The van der Waals surface area contributed by atoms with Crippen molar-refractivity contribution in [3.63, 3.8) is 0 Å². The van der Waals surface area contributed by atoms with Crippen LogP contribution in [-0.4, -0.2) is 22.1 Å². The molecule has 1 aromatic heterocycles. The maximum Gasteiger partial charge on any atom is 0.144 e. The minimum Gasteiger partial charge on any atom is -0.329 e. The molecule has 0 spiro atoms. The maximum atomic E-state index is 11.9. The second-order valence-corrected chi connectivity index (χ2v) is 4.29. The molecule has 0 saturated heterocycles. The van der Waals surface area contributed by atoms with Gasteiger partial charge in [0.25, 0.3) is 0 Å². The molecule has 15 heavy (non-hydrogen) atoms. The van der Waals surface area contributed by atoms with Gasteiger partial charge in [0.05, 0.1) is 6.20 Å². The van der Waals surface area contributed by atoms with Crippen LogP contribution in [0.5, 0.6) is 0 Å². The Morgan fingerprint density at radius 1 is 1.67 bits per heavy atom. The van der Waals surface area contributed by atoms with Crippen LogP contribution >= 0.6 is 0 Å². The van der Waals surface area contributed by atoms with Gasteiger partial charge in [0.2, 0.25) is 0 Å². The largest absolute Gasteiger partial charge is 0.329 e. The van der Waals surface area contributed by atoms with Crippen LogP contribution in [0, 0.1) is 5.41 Å². The van der Waals surface area contributed by atoms with Crippen LogP contribution in [0.1, 0.15) is 25.3 Å². The fourth-order valence-corrected chi connectivity index (χ4v) is 1.79. The highest BCUT2D eigenvalue weighted by Crippen LogP contribution is 2.45. The van der Waals surface area contributed by atoms with Crippen molar-refractivity contribution in [2.24, 2.45) is 11.1 Å². The third-order valence-corrected chi connectivity index (χ3v) is 3.21. The topological polar surface area (TPSA) is 60.9 Å². The Balaban J connectivity index is 2.00. The minimum absolute atomic E-state index is 0.186. The first-order valence-electron chi connectivity index (χ1n) is 5.45. The van der Waals surface area contributed by atoms with Gasteiger partial charge in [-0.25, -0.2) is 0 Å². The molecule has 1 aliphatic rings. The van der Waals surface area contributed by atoms with Gasteiger partial charge in [-0.05, 0) is 25.3 Å². The van der Waals surface area contributed by atoms with Gasteiger partial charge in [0, 0.05) is 31.1 Å². The fourth-order valence-electron chi connectivity index (χ4n) is 1.79. The summed E-state index contributed by atoms with van der Waals surface area (Å²) in [6, 6.07) is 0. The van der Waals surface area contributed by atoms with Crippen molar-refractivity contribution in [1.29, 1.82) is 0 Å². The second-order valence-electron chi connectivity index (χ2n) is 4.29. The normalized spacial score (nSPS) is 17.7. The van der Waals surface area contributed by atoms with Gasteiger partial charge in [0.1, 0.15) is 5.78 Å². The van der Waals surface area contributed by atoms with Gasteiger partial charge in [-0.2, -0.15) is 5.10 Å². The summed E-state index contributed by atoms with van der Waals surface area (Å²) >= 11 is 0. The zero-order chi connectivity index (χ0) is 10.9. The highest BCUT2D eigenvalue weighted by molar-refractivity contribution is 5.89. The standard InChI is InChI=1S/C11H17N3O/c1-2-14-7-9(6-13-14)5-10(15)11(8-12)3-4-11/h6-7H,2-5,8,12H2,1H3. The average Bonchev–Trinajstić information content (AvgIpc) is 2.94. The lowest BCUT2D eigenvalue weighted by Crippen LogP contribution is -2.26.